The van der Waals surface area contributed by atoms with E-state index in [0.717, 1.165) is 36.5 Å². The Morgan fingerprint density at radius 1 is 1.14 bits per heavy atom. The molecule has 1 aromatic heterocycles. The number of imidazole rings is 1. The molecular weight excluding hydrogens is 362 g/mol. The number of benzene rings is 2. The molecule has 0 spiro atoms. The first kappa shape index (κ1) is 18.3. The topological polar surface area (TPSA) is 35.1 Å². The number of ether oxygens (including phenoxy) is 1. The van der Waals surface area contributed by atoms with Crippen molar-refractivity contribution in [2.45, 2.75) is 39.5 Å². The molecule has 0 bridgehead atoms. The first-order valence-corrected chi connectivity index (χ1v) is 9.28. The van der Waals surface area contributed by atoms with Crippen LogP contribution < -0.4 is 9.30 Å². The fourth-order valence-electron chi connectivity index (χ4n) is 3.67. The van der Waals surface area contributed by atoms with Crippen molar-refractivity contribution in [2.75, 3.05) is 0 Å². The van der Waals surface area contributed by atoms with Crippen LogP contribution in [0.15, 0.2) is 54.7 Å². The minimum atomic E-state index is -2.87. The van der Waals surface area contributed by atoms with Crippen molar-refractivity contribution in [2.24, 2.45) is 0 Å². The van der Waals surface area contributed by atoms with Crippen molar-refractivity contribution in [3.05, 3.63) is 71.7 Å². The summed E-state index contributed by atoms with van der Waals surface area (Å²) < 4.78 is 33.1. The van der Waals surface area contributed by atoms with Crippen LogP contribution in [0, 0.1) is 6.92 Å². The SMILES string of the molecule is Cc1ccc(-c2c[n+](CC(=O)c3ccc(OC(F)F)cc3)c3n2CCC3)cc1. The van der Waals surface area contributed by atoms with E-state index in [1.54, 1.807) is 0 Å². The minimum absolute atomic E-state index is 0.0469. The molecule has 0 saturated carbocycles. The summed E-state index contributed by atoms with van der Waals surface area (Å²) in [5.41, 5.74) is 3.93. The Balaban J connectivity index is 1.57. The van der Waals surface area contributed by atoms with Crippen molar-refractivity contribution < 1.29 is 22.9 Å². The molecule has 0 fully saturated rings. The summed E-state index contributed by atoms with van der Waals surface area (Å²) in [7, 11) is 0. The highest BCUT2D eigenvalue weighted by atomic mass is 19.3. The zero-order valence-corrected chi connectivity index (χ0v) is 15.6. The van der Waals surface area contributed by atoms with Gasteiger partial charge in [0.1, 0.15) is 11.9 Å². The van der Waals surface area contributed by atoms with Crippen molar-refractivity contribution in [1.29, 1.82) is 0 Å². The lowest BCUT2D eigenvalue weighted by molar-refractivity contribution is -0.689. The third-order valence-corrected chi connectivity index (χ3v) is 5.06. The van der Waals surface area contributed by atoms with Gasteiger partial charge in [0.15, 0.2) is 12.2 Å². The van der Waals surface area contributed by atoms with Gasteiger partial charge in [0, 0.05) is 11.1 Å². The number of nitrogens with zero attached hydrogens (tertiary/aromatic N) is 2. The number of hydrogen-bond donors (Lipinski definition) is 0. The van der Waals surface area contributed by atoms with E-state index in [0.29, 0.717) is 5.56 Å². The predicted octanol–water partition coefficient (Wildman–Crippen LogP) is 4.18. The highest BCUT2D eigenvalue weighted by Crippen LogP contribution is 2.25. The van der Waals surface area contributed by atoms with Crippen molar-refractivity contribution >= 4 is 5.78 Å². The number of hydrogen-bond acceptors (Lipinski definition) is 2. The van der Waals surface area contributed by atoms with Gasteiger partial charge in [-0.3, -0.25) is 4.79 Å². The van der Waals surface area contributed by atoms with Crippen LogP contribution in [0.2, 0.25) is 0 Å². The molecule has 6 heteroatoms. The molecule has 28 heavy (non-hydrogen) atoms. The summed E-state index contributed by atoms with van der Waals surface area (Å²) in [6.07, 6.45) is 4.02. The van der Waals surface area contributed by atoms with Gasteiger partial charge < -0.3 is 4.74 Å². The van der Waals surface area contributed by atoms with Gasteiger partial charge >= 0.3 is 6.61 Å². The molecule has 0 unspecified atom stereocenters. The van der Waals surface area contributed by atoms with Gasteiger partial charge in [-0.15, -0.1) is 0 Å². The van der Waals surface area contributed by atoms with Gasteiger partial charge in [0.2, 0.25) is 5.78 Å². The van der Waals surface area contributed by atoms with Gasteiger partial charge in [-0.05, 0) is 37.6 Å². The van der Waals surface area contributed by atoms with Crippen LogP contribution in [-0.2, 0) is 19.5 Å². The largest absolute Gasteiger partial charge is 0.435 e. The Bertz CT molecular complexity index is 993. The van der Waals surface area contributed by atoms with E-state index in [1.807, 2.05) is 10.8 Å². The van der Waals surface area contributed by atoms with Gasteiger partial charge in [0.05, 0.1) is 13.0 Å². The number of Topliss-reactive ketones (excluding diaryl/α,β-unsaturated/α-hetero) is 1. The maximum absolute atomic E-state index is 12.7. The summed E-state index contributed by atoms with van der Waals surface area (Å²) in [4.78, 5) is 12.7. The fraction of sp³-hybridized carbons (Fsp3) is 0.273. The third-order valence-electron chi connectivity index (χ3n) is 5.06. The van der Waals surface area contributed by atoms with Gasteiger partial charge in [-0.2, -0.15) is 8.78 Å². The molecule has 2 aromatic carbocycles. The van der Waals surface area contributed by atoms with Crippen LogP contribution >= 0.6 is 0 Å². The fourth-order valence-corrected chi connectivity index (χ4v) is 3.67. The zero-order chi connectivity index (χ0) is 19.7. The summed E-state index contributed by atoms with van der Waals surface area (Å²) in [5.74, 6) is 1.12. The Labute approximate surface area is 162 Å². The van der Waals surface area contributed by atoms with Crippen LogP contribution in [0.4, 0.5) is 8.78 Å². The number of aromatic nitrogens is 2. The number of carbonyl (C=O) groups is 1. The molecule has 0 atom stereocenters. The smallest absolute Gasteiger partial charge is 0.387 e. The highest BCUT2D eigenvalue weighted by Gasteiger charge is 2.29. The monoisotopic (exact) mass is 383 g/mol. The Kier molecular flexibility index (Phi) is 4.94. The average Bonchev–Trinajstić information content (AvgIpc) is 3.26. The predicted molar refractivity (Wildman–Crippen MR) is 101 cm³/mol. The third kappa shape index (κ3) is 3.67. The Morgan fingerprint density at radius 2 is 1.86 bits per heavy atom. The number of alkyl halides is 2. The molecule has 0 amide bonds. The molecular formula is C22H21F2N2O2+. The highest BCUT2D eigenvalue weighted by molar-refractivity contribution is 5.95. The van der Waals surface area contributed by atoms with Crippen LogP contribution in [0.1, 0.15) is 28.2 Å². The summed E-state index contributed by atoms with van der Waals surface area (Å²) >= 11 is 0. The van der Waals surface area contributed by atoms with E-state index >= 15 is 0 Å². The molecule has 144 valence electrons. The van der Waals surface area contributed by atoms with E-state index in [2.05, 4.69) is 40.5 Å². The zero-order valence-electron chi connectivity index (χ0n) is 15.6. The van der Waals surface area contributed by atoms with Crippen LogP contribution in [-0.4, -0.2) is 17.0 Å². The number of aryl methyl sites for hydroxylation is 1. The number of fused-ring (bicyclic) bond motifs is 1. The van der Waals surface area contributed by atoms with Crippen LogP contribution in [0.5, 0.6) is 5.75 Å². The van der Waals surface area contributed by atoms with Crippen LogP contribution in [0.25, 0.3) is 11.3 Å². The van der Waals surface area contributed by atoms with Crippen molar-refractivity contribution in [3.63, 3.8) is 0 Å². The van der Waals surface area contributed by atoms with Crippen molar-refractivity contribution in [1.82, 2.24) is 4.57 Å². The van der Waals surface area contributed by atoms with Gasteiger partial charge in [-0.1, -0.05) is 29.8 Å². The van der Waals surface area contributed by atoms with E-state index < -0.39 is 6.61 Å². The molecule has 0 radical (unpaired) electrons. The van der Waals surface area contributed by atoms with Gasteiger partial charge in [-0.25, -0.2) is 9.13 Å². The number of ketones is 1. The standard InChI is InChI=1S/C22H21F2N2O2/c1-15-4-6-16(7-5-15)19-13-25(21-3-2-12-26(19)21)14-20(27)17-8-10-18(11-9-17)28-22(23)24/h4-11,13,22H,2-3,12,14H2,1H3/q+1. The maximum atomic E-state index is 12.7. The quantitative estimate of drug-likeness (QED) is 0.473. The minimum Gasteiger partial charge on any atom is -0.435 e. The van der Waals surface area contributed by atoms with E-state index in [4.69, 9.17) is 0 Å². The first-order chi connectivity index (χ1) is 13.5. The lowest BCUT2D eigenvalue weighted by Crippen LogP contribution is -2.40. The van der Waals surface area contributed by atoms with E-state index in [1.165, 1.54) is 29.8 Å². The molecule has 4 nitrogen and oxygen atoms in total. The number of carbonyl (C=O) groups excluding carboxylic acids is 1. The van der Waals surface area contributed by atoms with Crippen molar-refractivity contribution in [3.8, 4) is 17.0 Å². The lowest BCUT2D eigenvalue weighted by Gasteiger charge is -2.05. The average molecular weight is 383 g/mol. The molecule has 0 aliphatic carbocycles. The Hall–Kier alpha value is -3.02. The second-order valence-corrected chi connectivity index (χ2v) is 7.01. The normalized spacial score (nSPS) is 13.0. The summed E-state index contributed by atoms with van der Waals surface area (Å²) in [6.45, 7) is 0.347. The van der Waals surface area contributed by atoms with Crippen LogP contribution in [0.3, 0.4) is 0 Å². The second-order valence-electron chi connectivity index (χ2n) is 7.01. The van der Waals surface area contributed by atoms with Gasteiger partial charge in [0.25, 0.3) is 5.82 Å². The molecule has 1 aliphatic heterocycles. The van der Waals surface area contributed by atoms with E-state index in [9.17, 15) is 13.6 Å². The molecule has 3 aromatic rings. The second kappa shape index (κ2) is 7.54. The molecule has 0 saturated heterocycles. The molecule has 0 N–H and O–H groups in total. The Morgan fingerprint density at radius 3 is 2.54 bits per heavy atom. The molecule has 2 heterocycles. The molecule has 1 aliphatic rings. The first-order valence-electron chi connectivity index (χ1n) is 9.28. The number of rotatable bonds is 6. The lowest BCUT2D eigenvalue weighted by atomic mass is 10.1. The summed E-state index contributed by atoms with van der Waals surface area (Å²) in [6, 6.07) is 14.2. The van der Waals surface area contributed by atoms with E-state index in [-0.39, 0.29) is 18.1 Å². The summed E-state index contributed by atoms with van der Waals surface area (Å²) in [5, 5.41) is 0. The molecule has 4 rings (SSSR count). The number of halogens is 2. The maximum Gasteiger partial charge on any atom is 0.387 e.